The van der Waals surface area contributed by atoms with Gasteiger partial charge >= 0.3 is 0 Å². The summed E-state index contributed by atoms with van der Waals surface area (Å²) >= 11 is 0. The van der Waals surface area contributed by atoms with E-state index in [4.69, 9.17) is 34.6 Å². The van der Waals surface area contributed by atoms with E-state index in [2.05, 4.69) is 150 Å². The number of fused-ring (bicyclic) bond motifs is 1. The fourth-order valence-electron chi connectivity index (χ4n) is 8.94. The first-order chi connectivity index (χ1) is 33.1. The monoisotopic (exact) mass is 882 g/mol. The minimum absolute atomic E-state index is 0.276. The zero-order valence-corrected chi connectivity index (χ0v) is 38.9. The van der Waals surface area contributed by atoms with Crippen molar-refractivity contribution in [3.63, 3.8) is 0 Å². The summed E-state index contributed by atoms with van der Waals surface area (Å²) in [7, 11) is 0. The van der Waals surface area contributed by atoms with Gasteiger partial charge in [-0.15, -0.1) is 0 Å². The lowest BCUT2D eigenvalue weighted by Crippen LogP contribution is -2.26. The number of rotatable bonds is 10. The zero-order chi connectivity index (χ0) is 46.8. The lowest BCUT2D eigenvalue weighted by molar-refractivity contribution is 0.315. The normalized spacial score (nSPS) is 13.7. The molecular weight excluding hydrogens is 833 g/mol. The van der Waals surface area contributed by atoms with Crippen LogP contribution in [0.3, 0.4) is 0 Å². The van der Waals surface area contributed by atoms with Gasteiger partial charge in [0.25, 0.3) is 0 Å². The molecule has 3 heterocycles. The fraction of sp³-hybridized carbons (Fsp3) is 0.115. The van der Waals surface area contributed by atoms with Gasteiger partial charge in [0, 0.05) is 61.9 Å². The van der Waals surface area contributed by atoms with Gasteiger partial charge in [-0.1, -0.05) is 196 Å². The van der Waals surface area contributed by atoms with Crippen LogP contribution in [0.5, 0.6) is 5.75 Å². The largest absolute Gasteiger partial charge is 0.460 e. The van der Waals surface area contributed by atoms with E-state index >= 15 is 0 Å². The van der Waals surface area contributed by atoms with E-state index < -0.39 is 0 Å². The molecule has 0 amide bonds. The number of nitrogens with zero attached hydrogens (tertiary/aromatic N) is 6. The predicted molar refractivity (Wildman–Crippen MR) is 276 cm³/mol. The molecule has 330 valence electrons. The minimum Gasteiger partial charge on any atom is -0.460 e. The molecule has 10 rings (SSSR count). The number of para-hydroxylation sites is 1. The molecule has 2 aromatic heterocycles. The standard InChI is InChI=1S/C61H50N6O/c1-7-8-30-50(43-26-18-28-45(36-43)57-65-59(48-32-16-13-22-40(48)3)67-60(66-57)49-33-17-14-23-41(49)4)53-38-61(5,6)52-35-20-34-51(54(52)68-53)44-27-19-29-46(37-44)56-62-55(42-24-10-9-11-25-42)63-58(64-56)47-31-15-12-21-39(47)2/h7-37H,1,38H2,2-6H3/b30-8-,53-50-. The van der Waals surface area contributed by atoms with E-state index in [1.54, 1.807) is 6.08 Å². The molecule has 0 atom stereocenters. The van der Waals surface area contributed by atoms with Crippen LogP contribution in [0.2, 0.25) is 0 Å². The van der Waals surface area contributed by atoms with Crippen molar-refractivity contribution in [2.24, 2.45) is 0 Å². The molecule has 7 aromatic carbocycles. The number of hydrogen-bond donors (Lipinski definition) is 0. The average molecular weight is 883 g/mol. The second kappa shape index (κ2) is 18.5. The van der Waals surface area contributed by atoms with Crippen molar-refractivity contribution in [1.29, 1.82) is 0 Å². The first-order valence-corrected chi connectivity index (χ1v) is 22.9. The fourth-order valence-corrected chi connectivity index (χ4v) is 8.94. The first kappa shape index (κ1) is 43.5. The SMILES string of the molecule is C=C/C=C\C(=C1/CC(C)(C)c2cccc(-c3cccc(-c4nc(-c5ccccc5)nc(-c5ccccc5C)n4)c3)c2O1)c1cccc(-c2nc(-c3ccccc3C)nc(-c3ccccc3C)n2)c1. The van der Waals surface area contributed by atoms with Crippen LogP contribution in [0, 0.1) is 20.8 Å². The van der Waals surface area contributed by atoms with Crippen molar-refractivity contribution < 1.29 is 4.74 Å². The highest BCUT2D eigenvalue weighted by Gasteiger charge is 2.35. The van der Waals surface area contributed by atoms with Crippen molar-refractivity contribution in [2.75, 3.05) is 0 Å². The van der Waals surface area contributed by atoms with E-state index in [-0.39, 0.29) is 5.41 Å². The Balaban J connectivity index is 1.08. The van der Waals surface area contributed by atoms with Gasteiger partial charge in [0.2, 0.25) is 0 Å². The van der Waals surface area contributed by atoms with Gasteiger partial charge in [-0.3, -0.25) is 0 Å². The predicted octanol–water partition coefficient (Wildman–Crippen LogP) is 14.9. The average Bonchev–Trinajstić information content (AvgIpc) is 3.37. The summed E-state index contributed by atoms with van der Waals surface area (Å²) in [5.41, 5.74) is 13.6. The number of aryl methyl sites for hydroxylation is 3. The maximum Gasteiger partial charge on any atom is 0.164 e. The summed E-state index contributed by atoms with van der Waals surface area (Å²) in [4.78, 5) is 30.4. The quantitative estimate of drug-likeness (QED) is 0.126. The van der Waals surface area contributed by atoms with Gasteiger partial charge in [-0.05, 0) is 60.7 Å². The molecule has 0 fully saturated rings. The summed E-state index contributed by atoms with van der Waals surface area (Å²) in [5.74, 6) is 5.37. The Morgan fingerprint density at radius 2 is 0.912 bits per heavy atom. The minimum atomic E-state index is -0.276. The van der Waals surface area contributed by atoms with Crippen LogP contribution in [0.1, 0.15) is 48.1 Å². The van der Waals surface area contributed by atoms with E-state index in [1.807, 2.05) is 72.8 Å². The van der Waals surface area contributed by atoms with Crippen molar-refractivity contribution in [3.05, 3.63) is 228 Å². The third kappa shape index (κ3) is 8.70. The summed E-state index contributed by atoms with van der Waals surface area (Å²) in [6.07, 6.45) is 6.52. The molecule has 0 spiro atoms. The highest BCUT2D eigenvalue weighted by molar-refractivity contribution is 5.83. The van der Waals surface area contributed by atoms with Gasteiger partial charge in [0.15, 0.2) is 34.9 Å². The van der Waals surface area contributed by atoms with Crippen molar-refractivity contribution >= 4 is 5.57 Å². The second-order valence-corrected chi connectivity index (χ2v) is 17.9. The smallest absolute Gasteiger partial charge is 0.164 e. The van der Waals surface area contributed by atoms with Crippen LogP contribution in [0.4, 0.5) is 0 Å². The molecule has 7 nitrogen and oxygen atoms in total. The molecule has 0 unspecified atom stereocenters. The maximum atomic E-state index is 7.22. The summed E-state index contributed by atoms with van der Waals surface area (Å²) in [6.45, 7) is 14.9. The Bertz CT molecular complexity index is 3380. The van der Waals surface area contributed by atoms with Crippen LogP contribution in [0.25, 0.3) is 85.0 Å². The topological polar surface area (TPSA) is 86.6 Å². The van der Waals surface area contributed by atoms with Crippen molar-refractivity contribution in [3.8, 4) is 85.2 Å². The molecule has 0 N–H and O–H groups in total. The third-order valence-electron chi connectivity index (χ3n) is 12.6. The second-order valence-electron chi connectivity index (χ2n) is 17.9. The van der Waals surface area contributed by atoms with E-state index in [0.717, 1.165) is 89.4 Å². The third-order valence-corrected chi connectivity index (χ3v) is 12.6. The Morgan fingerprint density at radius 3 is 1.49 bits per heavy atom. The van der Waals surface area contributed by atoms with Crippen molar-refractivity contribution in [2.45, 2.75) is 46.5 Å². The molecule has 9 aromatic rings. The maximum absolute atomic E-state index is 7.22. The van der Waals surface area contributed by atoms with Gasteiger partial charge < -0.3 is 4.74 Å². The summed E-state index contributed by atoms with van der Waals surface area (Å²) in [5, 5.41) is 0. The first-order valence-electron chi connectivity index (χ1n) is 22.9. The molecular formula is C61H50N6O. The van der Waals surface area contributed by atoms with Crippen LogP contribution >= 0.6 is 0 Å². The molecule has 68 heavy (non-hydrogen) atoms. The van der Waals surface area contributed by atoms with E-state index in [9.17, 15) is 0 Å². The Kier molecular flexibility index (Phi) is 11.8. The van der Waals surface area contributed by atoms with Crippen LogP contribution in [0.15, 0.2) is 200 Å². The Hall–Kier alpha value is -8.42. The molecule has 0 saturated heterocycles. The van der Waals surface area contributed by atoms with E-state index in [1.165, 1.54) is 0 Å². The Labute approximate surface area is 398 Å². The summed E-state index contributed by atoms with van der Waals surface area (Å²) in [6, 6.07) is 57.9. The van der Waals surface area contributed by atoms with Gasteiger partial charge in [-0.2, -0.15) is 0 Å². The number of ether oxygens (including phenoxy) is 1. The van der Waals surface area contributed by atoms with Crippen LogP contribution < -0.4 is 4.74 Å². The van der Waals surface area contributed by atoms with Crippen molar-refractivity contribution in [1.82, 2.24) is 29.9 Å². The molecule has 0 bridgehead atoms. The van der Waals surface area contributed by atoms with Gasteiger partial charge in [0.05, 0.1) is 0 Å². The molecule has 0 aliphatic carbocycles. The lowest BCUT2D eigenvalue weighted by atomic mass is 9.76. The molecule has 7 heteroatoms. The molecule has 1 aliphatic heterocycles. The number of allylic oxidation sites excluding steroid dienone is 5. The number of hydrogen-bond acceptors (Lipinski definition) is 7. The van der Waals surface area contributed by atoms with Gasteiger partial charge in [-0.25, -0.2) is 29.9 Å². The Morgan fingerprint density at radius 1 is 0.471 bits per heavy atom. The van der Waals surface area contributed by atoms with E-state index in [0.29, 0.717) is 41.4 Å². The molecule has 1 aliphatic rings. The molecule has 0 saturated carbocycles. The highest BCUT2D eigenvalue weighted by atomic mass is 16.5. The lowest BCUT2D eigenvalue weighted by Gasteiger charge is -2.36. The number of benzene rings is 7. The molecule has 0 radical (unpaired) electrons. The highest BCUT2D eigenvalue weighted by Crippen LogP contribution is 2.49. The van der Waals surface area contributed by atoms with Crippen LogP contribution in [-0.4, -0.2) is 29.9 Å². The zero-order valence-electron chi connectivity index (χ0n) is 38.9. The summed E-state index contributed by atoms with van der Waals surface area (Å²) < 4.78 is 7.22. The number of aromatic nitrogens is 6. The van der Waals surface area contributed by atoms with Gasteiger partial charge in [0.1, 0.15) is 11.5 Å². The van der Waals surface area contributed by atoms with Crippen LogP contribution in [-0.2, 0) is 5.41 Å².